The van der Waals surface area contributed by atoms with Crippen LogP contribution >= 0.6 is 0 Å². The number of nitrogen functional groups attached to an aromatic ring is 1. The molecule has 4 nitrogen and oxygen atoms in total. The fraction of sp³-hybridized carbons (Fsp3) is 0.500. The number of likely N-dealkylation sites (tertiary alicyclic amines) is 1. The van der Waals surface area contributed by atoms with Crippen molar-refractivity contribution in [1.82, 2.24) is 4.90 Å². The van der Waals surface area contributed by atoms with E-state index in [9.17, 15) is 9.18 Å². The molecule has 104 valence electrons. The van der Waals surface area contributed by atoms with Gasteiger partial charge in [0.15, 0.2) is 0 Å². The van der Waals surface area contributed by atoms with E-state index in [1.54, 1.807) is 4.90 Å². The van der Waals surface area contributed by atoms with Crippen molar-refractivity contribution in [3.63, 3.8) is 0 Å². The SMILES string of the molecule is CCOC1CCN(C(=O)c2ccc(F)c(N)c2)CC1. The van der Waals surface area contributed by atoms with Crippen molar-refractivity contribution in [2.24, 2.45) is 0 Å². The molecule has 5 heteroatoms. The normalized spacial score (nSPS) is 16.6. The number of benzene rings is 1. The number of carbonyl (C=O) groups excluding carboxylic acids is 1. The molecule has 1 aliphatic heterocycles. The molecule has 1 amide bonds. The summed E-state index contributed by atoms with van der Waals surface area (Å²) in [6.07, 6.45) is 1.93. The molecule has 0 atom stereocenters. The Labute approximate surface area is 112 Å². The van der Waals surface area contributed by atoms with Gasteiger partial charge in [0.2, 0.25) is 0 Å². The number of nitrogens with zero attached hydrogens (tertiary/aromatic N) is 1. The lowest BCUT2D eigenvalue weighted by atomic mass is 10.1. The molecular weight excluding hydrogens is 247 g/mol. The predicted octanol–water partition coefficient (Wildman–Crippen LogP) is 2.05. The zero-order chi connectivity index (χ0) is 13.8. The lowest BCUT2D eigenvalue weighted by molar-refractivity contribution is 0.0146. The summed E-state index contributed by atoms with van der Waals surface area (Å²) in [6.45, 7) is 4.01. The molecule has 0 unspecified atom stereocenters. The Morgan fingerprint density at radius 2 is 2.16 bits per heavy atom. The van der Waals surface area contributed by atoms with Crippen molar-refractivity contribution in [3.8, 4) is 0 Å². The van der Waals surface area contributed by atoms with Crippen LogP contribution in [0.3, 0.4) is 0 Å². The molecule has 0 saturated carbocycles. The van der Waals surface area contributed by atoms with Crippen molar-refractivity contribution in [1.29, 1.82) is 0 Å². The number of anilines is 1. The van der Waals surface area contributed by atoms with Crippen molar-refractivity contribution in [3.05, 3.63) is 29.6 Å². The molecule has 1 heterocycles. The smallest absolute Gasteiger partial charge is 0.253 e. The van der Waals surface area contributed by atoms with Gasteiger partial charge in [0.05, 0.1) is 11.8 Å². The molecule has 0 spiro atoms. The highest BCUT2D eigenvalue weighted by Gasteiger charge is 2.24. The van der Waals surface area contributed by atoms with Crippen LogP contribution in [0.25, 0.3) is 0 Å². The molecule has 2 N–H and O–H groups in total. The maximum atomic E-state index is 13.1. The molecule has 1 aromatic rings. The lowest BCUT2D eigenvalue weighted by Crippen LogP contribution is -2.40. The minimum Gasteiger partial charge on any atom is -0.396 e. The minimum absolute atomic E-state index is 0.00931. The van der Waals surface area contributed by atoms with Gasteiger partial charge in [-0.15, -0.1) is 0 Å². The zero-order valence-electron chi connectivity index (χ0n) is 11.1. The molecule has 19 heavy (non-hydrogen) atoms. The van der Waals surface area contributed by atoms with Crippen LogP contribution in [0, 0.1) is 5.82 Å². The van der Waals surface area contributed by atoms with Crippen LogP contribution in [0.5, 0.6) is 0 Å². The molecular formula is C14H19FN2O2. The van der Waals surface area contributed by atoms with Crippen molar-refractivity contribution >= 4 is 11.6 Å². The third-order valence-electron chi connectivity index (χ3n) is 3.37. The lowest BCUT2D eigenvalue weighted by Gasteiger charge is -2.31. The van der Waals surface area contributed by atoms with Gasteiger partial charge in [0.1, 0.15) is 5.82 Å². The Balaban J connectivity index is 1.99. The van der Waals surface area contributed by atoms with Gasteiger partial charge in [0, 0.05) is 25.3 Å². The van der Waals surface area contributed by atoms with Crippen LogP contribution in [0.15, 0.2) is 18.2 Å². The van der Waals surface area contributed by atoms with Crippen LogP contribution in [0.2, 0.25) is 0 Å². The summed E-state index contributed by atoms with van der Waals surface area (Å²) in [5.41, 5.74) is 5.93. The van der Waals surface area contributed by atoms with Gasteiger partial charge in [-0.1, -0.05) is 0 Å². The van der Waals surface area contributed by atoms with E-state index < -0.39 is 5.82 Å². The summed E-state index contributed by atoms with van der Waals surface area (Å²) < 4.78 is 18.6. The number of nitrogens with two attached hydrogens (primary N) is 1. The van der Waals surface area contributed by atoms with Gasteiger partial charge in [-0.2, -0.15) is 0 Å². The van der Waals surface area contributed by atoms with Crippen LogP contribution in [0.1, 0.15) is 30.1 Å². The maximum Gasteiger partial charge on any atom is 0.253 e. The van der Waals surface area contributed by atoms with E-state index in [0.29, 0.717) is 25.3 Å². The summed E-state index contributed by atoms with van der Waals surface area (Å²) in [6, 6.07) is 4.10. The summed E-state index contributed by atoms with van der Waals surface area (Å²) >= 11 is 0. The zero-order valence-corrected chi connectivity index (χ0v) is 11.1. The number of amides is 1. The van der Waals surface area contributed by atoms with E-state index in [4.69, 9.17) is 10.5 Å². The average Bonchev–Trinajstić information content (AvgIpc) is 2.42. The number of halogens is 1. The Morgan fingerprint density at radius 1 is 1.47 bits per heavy atom. The van der Waals surface area contributed by atoms with E-state index in [1.807, 2.05) is 6.92 Å². The van der Waals surface area contributed by atoms with Gasteiger partial charge < -0.3 is 15.4 Å². The highest BCUT2D eigenvalue weighted by Crippen LogP contribution is 2.18. The summed E-state index contributed by atoms with van der Waals surface area (Å²) in [5, 5.41) is 0. The fourth-order valence-electron chi connectivity index (χ4n) is 2.32. The van der Waals surface area contributed by atoms with E-state index >= 15 is 0 Å². The third-order valence-corrected chi connectivity index (χ3v) is 3.37. The molecule has 1 aliphatic rings. The number of piperidine rings is 1. The number of rotatable bonds is 3. The van der Waals surface area contributed by atoms with E-state index in [2.05, 4.69) is 0 Å². The minimum atomic E-state index is -0.494. The second-order valence-electron chi connectivity index (χ2n) is 4.68. The highest BCUT2D eigenvalue weighted by atomic mass is 19.1. The number of hydrogen-bond donors (Lipinski definition) is 1. The van der Waals surface area contributed by atoms with Crippen LogP contribution in [-0.4, -0.2) is 36.6 Å². The molecule has 0 bridgehead atoms. The van der Waals surface area contributed by atoms with Gasteiger partial charge in [-0.05, 0) is 38.0 Å². The van der Waals surface area contributed by atoms with Gasteiger partial charge in [0.25, 0.3) is 5.91 Å². The fourth-order valence-corrected chi connectivity index (χ4v) is 2.32. The predicted molar refractivity (Wildman–Crippen MR) is 71.4 cm³/mol. The molecule has 1 fully saturated rings. The quantitative estimate of drug-likeness (QED) is 0.852. The molecule has 1 saturated heterocycles. The number of ether oxygens (including phenoxy) is 1. The Bertz CT molecular complexity index is 457. The van der Waals surface area contributed by atoms with E-state index in [1.165, 1.54) is 18.2 Å². The second-order valence-corrected chi connectivity index (χ2v) is 4.68. The van der Waals surface area contributed by atoms with Crippen molar-refractivity contribution in [2.45, 2.75) is 25.9 Å². The van der Waals surface area contributed by atoms with Crippen LogP contribution in [0.4, 0.5) is 10.1 Å². The second kappa shape index (κ2) is 6.02. The maximum absolute atomic E-state index is 13.1. The van der Waals surface area contributed by atoms with Crippen LogP contribution in [-0.2, 0) is 4.74 Å². The van der Waals surface area contributed by atoms with Crippen molar-refractivity contribution in [2.75, 3.05) is 25.4 Å². The van der Waals surface area contributed by atoms with Gasteiger partial charge >= 0.3 is 0 Å². The topological polar surface area (TPSA) is 55.6 Å². The van der Waals surface area contributed by atoms with E-state index in [0.717, 1.165) is 12.8 Å². The summed E-state index contributed by atoms with van der Waals surface area (Å²) in [7, 11) is 0. The van der Waals surface area contributed by atoms with Gasteiger partial charge in [-0.25, -0.2) is 4.39 Å². The first-order chi connectivity index (χ1) is 9.11. The highest BCUT2D eigenvalue weighted by molar-refractivity contribution is 5.95. The first-order valence-electron chi connectivity index (χ1n) is 6.57. The summed E-state index contributed by atoms with van der Waals surface area (Å²) in [5.74, 6) is -0.590. The van der Waals surface area contributed by atoms with Crippen LogP contribution < -0.4 is 5.73 Å². The Morgan fingerprint density at radius 3 is 2.74 bits per heavy atom. The third kappa shape index (κ3) is 3.23. The average molecular weight is 266 g/mol. The molecule has 1 aromatic carbocycles. The monoisotopic (exact) mass is 266 g/mol. The summed E-state index contributed by atoms with van der Waals surface area (Å²) in [4.78, 5) is 14.0. The standard InChI is InChI=1S/C14H19FN2O2/c1-2-19-11-5-7-17(8-6-11)14(18)10-3-4-12(15)13(16)9-10/h3-4,9,11H,2,5-8,16H2,1H3. The Kier molecular flexibility index (Phi) is 4.37. The van der Waals surface area contributed by atoms with Gasteiger partial charge in [-0.3, -0.25) is 4.79 Å². The van der Waals surface area contributed by atoms with Crippen molar-refractivity contribution < 1.29 is 13.9 Å². The number of hydrogen-bond acceptors (Lipinski definition) is 3. The largest absolute Gasteiger partial charge is 0.396 e. The van der Waals surface area contributed by atoms with E-state index in [-0.39, 0.29) is 17.7 Å². The Hall–Kier alpha value is -1.62. The first-order valence-corrected chi connectivity index (χ1v) is 6.57. The molecule has 0 radical (unpaired) electrons. The molecule has 0 aliphatic carbocycles. The molecule has 0 aromatic heterocycles. The first kappa shape index (κ1) is 13.8. The number of carbonyl (C=O) groups is 1. The molecule has 2 rings (SSSR count).